The average Bonchev–Trinajstić information content (AvgIpc) is 1.85. The van der Waals surface area contributed by atoms with Crippen molar-refractivity contribution in [3.8, 4) is 0 Å². The smallest absolute Gasteiger partial charge is 0.326 e. The summed E-state index contributed by atoms with van der Waals surface area (Å²) in [4.78, 5) is 11.0. The van der Waals surface area contributed by atoms with Gasteiger partial charge in [-0.2, -0.15) is 0 Å². The molecule has 0 aromatic rings. The summed E-state index contributed by atoms with van der Waals surface area (Å²) in [6, 6.07) is 0. The molecular formula is C7H14ClNO3. The van der Waals surface area contributed by atoms with Crippen molar-refractivity contribution in [2.24, 2.45) is 5.73 Å². The number of carbonyl (C=O) groups excluding carboxylic acids is 1. The molecule has 4 nitrogen and oxygen atoms in total. The molecular weight excluding hydrogens is 182 g/mol. The Morgan fingerprint density at radius 3 is 2.58 bits per heavy atom. The number of nitrogens with two attached hydrogens (primary N) is 1. The van der Waals surface area contributed by atoms with Crippen LogP contribution in [0.2, 0.25) is 0 Å². The van der Waals surface area contributed by atoms with Crippen molar-refractivity contribution in [2.45, 2.75) is 31.4 Å². The number of rotatable bonds is 2. The van der Waals surface area contributed by atoms with E-state index in [1.54, 1.807) is 6.92 Å². The highest BCUT2D eigenvalue weighted by Gasteiger charge is 2.47. The van der Waals surface area contributed by atoms with Crippen LogP contribution in [0.3, 0.4) is 0 Å². The Bertz CT molecular complexity index is 168. The monoisotopic (exact) mass is 195 g/mol. The van der Waals surface area contributed by atoms with E-state index in [1.807, 2.05) is 0 Å². The van der Waals surface area contributed by atoms with Crippen molar-refractivity contribution in [2.75, 3.05) is 6.61 Å². The summed E-state index contributed by atoms with van der Waals surface area (Å²) in [5.74, 6) is -0.398. The highest BCUT2D eigenvalue weighted by atomic mass is 35.5. The van der Waals surface area contributed by atoms with Gasteiger partial charge in [0.15, 0.2) is 0 Å². The van der Waals surface area contributed by atoms with Gasteiger partial charge in [0, 0.05) is 12.8 Å². The summed E-state index contributed by atoms with van der Waals surface area (Å²) >= 11 is 0. The second kappa shape index (κ2) is 4.07. The number of halogens is 1. The van der Waals surface area contributed by atoms with E-state index in [0.717, 1.165) is 0 Å². The van der Waals surface area contributed by atoms with Crippen LogP contribution < -0.4 is 5.73 Å². The summed E-state index contributed by atoms with van der Waals surface area (Å²) in [7, 11) is 0. The lowest BCUT2D eigenvalue weighted by atomic mass is 9.75. The molecule has 0 radical (unpaired) electrons. The number of hydrogen-bond donors (Lipinski definition) is 2. The Labute approximate surface area is 77.5 Å². The van der Waals surface area contributed by atoms with Crippen molar-refractivity contribution < 1.29 is 14.6 Å². The quantitative estimate of drug-likeness (QED) is 0.600. The molecule has 72 valence electrons. The van der Waals surface area contributed by atoms with Gasteiger partial charge in [-0.05, 0) is 6.92 Å². The third-order valence-corrected chi connectivity index (χ3v) is 1.88. The van der Waals surface area contributed by atoms with E-state index in [9.17, 15) is 4.79 Å². The van der Waals surface area contributed by atoms with Gasteiger partial charge in [0.1, 0.15) is 5.54 Å². The topological polar surface area (TPSA) is 72.5 Å². The summed E-state index contributed by atoms with van der Waals surface area (Å²) in [6.45, 7) is 2.07. The van der Waals surface area contributed by atoms with E-state index in [-0.39, 0.29) is 12.4 Å². The SMILES string of the molecule is CCOC(=O)C1(N)CC(O)C1.Cl. The maximum absolute atomic E-state index is 11.0. The van der Waals surface area contributed by atoms with Gasteiger partial charge in [-0.15, -0.1) is 12.4 Å². The molecule has 0 unspecified atom stereocenters. The predicted octanol–water partition coefficient (Wildman–Crippen LogP) is -0.177. The molecule has 0 aliphatic heterocycles. The van der Waals surface area contributed by atoms with Gasteiger partial charge in [0.2, 0.25) is 0 Å². The van der Waals surface area contributed by atoms with Crippen molar-refractivity contribution >= 4 is 18.4 Å². The molecule has 0 bridgehead atoms. The second-order valence-electron chi connectivity index (χ2n) is 2.94. The zero-order valence-corrected chi connectivity index (χ0v) is 7.76. The Balaban J connectivity index is 0.00000121. The lowest BCUT2D eigenvalue weighted by Gasteiger charge is -2.39. The molecule has 1 aliphatic rings. The predicted molar refractivity (Wildman–Crippen MR) is 46.0 cm³/mol. The molecule has 0 aromatic carbocycles. The molecule has 3 N–H and O–H groups in total. The van der Waals surface area contributed by atoms with Crippen LogP contribution in [-0.2, 0) is 9.53 Å². The summed E-state index contributed by atoms with van der Waals surface area (Å²) in [5.41, 5.74) is 4.68. The first-order valence-electron chi connectivity index (χ1n) is 3.72. The largest absolute Gasteiger partial charge is 0.465 e. The van der Waals surface area contributed by atoms with Crippen molar-refractivity contribution in [3.05, 3.63) is 0 Å². The first-order chi connectivity index (χ1) is 5.08. The van der Waals surface area contributed by atoms with Gasteiger partial charge >= 0.3 is 5.97 Å². The molecule has 1 fully saturated rings. The normalized spacial score (nSPS) is 33.1. The van der Waals surface area contributed by atoms with Gasteiger partial charge in [-0.25, -0.2) is 0 Å². The average molecular weight is 196 g/mol. The molecule has 0 heterocycles. The van der Waals surface area contributed by atoms with Gasteiger partial charge in [-0.1, -0.05) is 0 Å². The van der Waals surface area contributed by atoms with E-state index in [4.69, 9.17) is 15.6 Å². The van der Waals surface area contributed by atoms with E-state index in [2.05, 4.69) is 0 Å². The van der Waals surface area contributed by atoms with Crippen LogP contribution in [-0.4, -0.2) is 29.3 Å². The second-order valence-corrected chi connectivity index (χ2v) is 2.94. The summed E-state index contributed by atoms with van der Waals surface area (Å²) in [6.07, 6.45) is 0.224. The number of aliphatic hydroxyl groups excluding tert-OH is 1. The number of carbonyl (C=O) groups is 1. The lowest BCUT2D eigenvalue weighted by Crippen LogP contribution is -2.60. The van der Waals surface area contributed by atoms with E-state index >= 15 is 0 Å². The number of aliphatic hydroxyl groups is 1. The molecule has 1 aliphatic carbocycles. The minimum absolute atomic E-state index is 0. The summed E-state index contributed by atoms with van der Waals surface area (Å²) in [5, 5.41) is 8.91. The lowest BCUT2D eigenvalue weighted by molar-refractivity contribution is -0.158. The molecule has 0 atom stereocenters. The fourth-order valence-electron chi connectivity index (χ4n) is 1.22. The van der Waals surface area contributed by atoms with Crippen LogP contribution >= 0.6 is 12.4 Å². The van der Waals surface area contributed by atoms with Crippen molar-refractivity contribution in [1.82, 2.24) is 0 Å². The standard InChI is InChI=1S/C7H13NO3.ClH/c1-2-11-6(10)7(8)3-5(9)4-7;/h5,9H,2-4,8H2,1H3;1H. The molecule has 1 saturated carbocycles. The van der Waals surface area contributed by atoms with E-state index in [0.29, 0.717) is 19.4 Å². The van der Waals surface area contributed by atoms with Crippen LogP contribution in [0, 0.1) is 0 Å². The number of esters is 1. The Morgan fingerprint density at radius 2 is 2.25 bits per heavy atom. The summed E-state index contributed by atoms with van der Waals surface area (Å²) < 4.78 is 4.72. The van der Waals surface area contributed by atoms with Crippen LogP contribution in [0.5, 0.6) is 0 Å². The Morgan fingerprint density at radius 1 is 1.75 bits per heavy atom. The van der Waals surface area contributed by atoms with Gasteiger partial charge < -0.3 is 15.6 Å². The maximum atomic E-state index is 11.0. The number of hydrogen-bond acceptors (Lipinski definition) is 4. The molecule has 1 rings (SSSR count). The minimum atomic E-state index is -0.907. The molecule has 12 heavy (non-hydrogen) atoms. The maximum Gasteiger partial charge on any atom is 0.326 e. The van der Waals surface area contributed by atoms with Gasteiger partial charge in [-0.3, -0.25) is 4.79 Å². The van der Waals surface area contributed by atoms with E-state index < -0.39 is 17.6 Å². The molecule has 0 amide bonds. The Kier molecular flexibility index (Phi) is 3.96. The van der Waals surface area contributed by atoms with Crippen molar-refractivity contribution in [1.29, 1.82) is 0 Å². The first kappa shape index (κ1) is 11.7. The van der Waals surface area contributed by atoms with Crippen molar-refractivity contribution in [3.63, 3.8) is 0 Å². The fraction of sp³-hybridized carbons (Fsp3) is 0.857. The zero-order valence-electron chi connectivity index (χ0n) is 6.95. The first-order valence-corrected chi connectivity index (χ1v) is 3.72. The molecule has 0 spiro atoms. The number of ether oxygens (including phenoxy) is 1. The van der Waals surface area contributed by atoms with E-state index in [1.165, 1.54) is 0 Å². The molecule has 0 saturated heterocycles. The molecule has 0 aromatic heterocycles. The van der Waals surface area contributed by atoms with Gasteiger partial charge in [0.25, 0.3) is 0 Å². The zero-order chi connectivity index (χ0) is 8.48. The van der Waals surface area contributed by atoms with Crippen LogP contribution in [0.4, 0.5) is 0 Å². The van der Waals surface area contributed by atoms with Crippen LogP contribution in [0.1, 0.15) is 19.8 Å². The fourth-order valence-corrected chi connectivity index (χ4v) is 1.22. The third-order valence-electron chi connectivity index (χ3n) is 1.88. The molecule has 5 heteroatoms. The van der Waals surface area contributed by atoms with Crippen LogP contribution in [0.15, 0.2) is 0 Å². The van der Waals surface area contributed by atoms with Gasteiger partial charge in [0.05, 0.1) is 12.7 Å². The van der Waals surface area contributed by atoms with Crippen LogP contribution in [0.25, 0.3) is 0 Å². The highest BCUT2D eigenvalue weighted by molar-refractivity contribution is 5.85. The minimum Gasteiger partial charge on any atom is -0.465 e. The highest BCUT2D eigenvalue weighted by Crippen LogP contribution is 2.30. The Hall–Kier alpha value is -0.320. The third kappa shape index (κ3) is 2.09.